The van der Waals surface area contributed by atoms with Crippen LogP contribution in [0.25, 0.3) is 10.9 Å². The third-order valence-electron chi connectivity index (χ3n) is 11.5. The first-order valence-electron chi connectivity index (χ1n) is 18.1. The van der Waals surface area contributed by atoms with E-state index in [9.17, 15) is 18.0 Å². The highest BCUT2D eigenvalue weighted by molar-refractivity contribution is 7.89. The fourth-order valence-electron chi connectivity index (χ4n) is 8.51. The number of ether oxygens (including phenoxy) is 2. The second-order valence-corrected chi connectivity index (χ2v) is 16.4. The highest BCUT2D eigenvalue weighted by atomic mass is 32.2. The van der Waals surface area contributed by atoms with Crippen molar-refractivity contribution in [2.75, 3.05) is 75.4 Å². The molecule has 14 heteroatoms. The van der Waals surface area contributed by atoms with Crippen LogP contribution in [-0.4, -0.2) is 111 Å². The van der Waals surface area contributed by atoms with Crippen LogP contribution in [0, 0.1) is 5.92 Å². The number of carbonyl (C=O) groups excluding carboxylic acids is 2. The van der Waals surface area contributed by atoms with Gasteiger partial charge in [0.2, 0.25) is 15.9 Å². The summed E-state index contributed by atoms with van der Waals surface area (Å²) < 4.78 is 42.1. The van der Waals surface area contributed by atoms with Crippen molar-refractivity contribution >= 4 is 44.4 Å². The average molecular weight is 706 g/mol. The normalized spacial score (nSPS) is 23.3. The van der Waals surface area contributed by atoms with Crippen LogP contribution in [-0.2, 0) is 31.3 Å². The summed E-state index contributed by atoms with van der Waals surface area (Å²) in [4.78, 5) is 31.0. The summed E-state index contributed by atoms with van der Waals surface area (Å²) in [5, 5.41) is 7.96. The number of imide groups is 1. The van der Waals surface area contributed by atoms with Crippen molar-refractivity contribution in [2.24, 2.45) is 13.0 Å². The summed E-state index contributed by atoms with van der Waals surface area (Å²) in [5.41, 5.74) is 3.28. The molecule has 5 saturated heterocycles. The highest BCUT2D eigenvalue weighted by Gasteiger charge is 2.43. The van der Waals surface area contributed by atoms with Crippen molar-refractivity contribution in [1.82, 2.24) is 24.3 Å². The molecule has 1 aromatic heterocycles. The minimum Gasteiger partial charge on any atom is -0.371 e. The molecule has 5 fully saturated rings. The quantitative estimate of drug-likeness (QED) is 0.392. The van der Waals surface area contributed by atoms with Crippen LogP contribution >= 0.6 is 0 Å². The van der Waals surface area contributed by atoms with E-state index in [4.69, 9.17) is 9.47 Å². The molecule has 8 rings (SSSR count). The van der Waals surface area contributed by atoms with Crippen LogP contribution in [0.2, 0.25) is 0 Å². The number of hydrogen-bond acceptors (Lipinski definition) is 9. The minimum atomic E-state index is -3.59. The Labute approximate surface area is 293 Å². The number of nitrogens with one attached hydrogen (secondary N) is 1. The number of aryl methyl sites for hydroxylation is 1. The number of rotatable bonds is 7. The van der Waals surface area contributed by atoms with Crippen LogP contribution in [0.15, 0.2) is 47.4 Å². The van der Waals surface area contributed by atoms with Gasteiger partial charge in [0.15, 0.2) is 11.6 Å². The molecule has 0 radical (unpaired) electrons. The number of urea groups is 1. The molecule has 0 bridgehead atoms. The average Bonchev–Trinajstić information content (AvgIpc) is 3.72. The molecule has 0 atom stereocenters. The predicted molar refractivity (Wildman–Crippen MR) is 189 cm³/mol. The lowest BCUT2D eigenvalue weighted by atomic mass is 9.88. The second kappa shape index (κ2) is 13.5. The maximum absolute atomic E-state index is 13.6. The van der Waals surface area contributed by atoms with Gasteiger partial charge >= 0.3 is 6.03 Å². The standard InChI is InChI=1S/C36H47N7O6S/c1-39-32-23-28(5-6-31(32)34(38-39)43-18-11-33(44)37-35(43)45)27-9-14-40(15-10-27)25-26-7-16-41(17-8-26)29-3-2-4-30(24-29)50(46,47)42-19-12-36(13-20-42)48-21-22-49-36/h2-6,23-24,26-27H,7-22,25H2,1H3,(H,37,44,45). The zero-order valence-electron chi connectivity index (χ0n) is 28.8. The molecule has 1 spiro atoms. The second-order valence-electron chi connectivity index (χ2n) is 14.5. The van der Waals surface area contributed by atoms with Gasteiger partial charge in [0.05, 0.1) is 23.6 Å². The summed E-state index contributed by atoms with van der Waals surface area (Å²) in [5.74, 6) is 0.848. The molecule has 5 aliphatic rings. The van der Waals surface area contributed by atoms with Crippen molar-refractivity contribution in [3.05, 3.63) is 48.0 Å². The number of piperidine rings is 3. The Balaban J connectivity index is 0.828. The molecule has 13 nitrogen and oxygen atoms in total. The van der Waals surface area contributed by atoms with Gasteiger partial charge in [-0.1, -0.05) is 12.1 Å². The van der Waals surface area contributed by atoms with Gasteiger partial charge in [-0.15, -0.1) is 0 Å². The van der Waals surface area contributed by atoms with E-state index in [-0.39, 0.29) is 12.3 Å². The van der Waals surface area contributed by atoms with E-state index >= 15 is 0 Å². The topological polar surface area (TPSA) is 130 Å². The molecule has 6 heterocycles. The number of aromatic nitrogens is 2. The Morgan fingerprint density at radius 3 is 2.36 bits per heavy atom. The number of anilines is 2. The van der Waals surface area contributed by atoms with Gasteiger partial charge in [-0.3, -0.25) is 19.7 Å². The maximum atomic E-state index is 13.6. The van der Waals surface area contributed by atoms with Gasteiger partial charge in [-0.25, -0.2) is 13.2 Å². The predicted octanol–water partition coefficient (Wildman–Crippen LogP) is 3.64. The first-order valence-corrected chi connectivity index (χ1v) is 19.5. The zero-order chi connectivity index (χ0) is 34.5. The van der Waals surface area contributed by atoms with E-state index in [1.54, 1.807) is 15.3 Å². The smallest absolute Gasteiger partial charge is 0.329 e. The summed E-state index contributed by atoms with van der Waals surface area (Å²) in [7, 11) is -1.68. The molecule has 0 saturated carbocycles. The van der Waals surface area contributed by atoms with E-state index in [1.807, 2.05) is 29.9 Å². The number of nitrogens with zero attached hydrogens (tertiary/aromatic N) is 6. The number of amides is 3. The van der Waals surface area contributed by atoms with E-state index in [1.165, 1.54) is 5.56 Å². The number of benzene rings is 2. The zero-order valence-corrected chi connectivity index (χ0v) is 29.6. The lowest BCUT2D eigenvalue weighted by Crippen LogP contribution is -2.49. The SMILES string of the molecule is Cn1nc(N2CCC(=O)NC2=O)c2ccc(C3CCN(CC4CCN(c5cccc(S(=O)(=O)N6CCC7(CC6)OCCO7)c5)CC4)CC3)cc21. The van der Waals surface area contributed by atoms with Gasteiger partial charge in [0, 0.05) is 76.7 Å². The molecule has 0 unspecified atom stereocenters. The van der Waals surface area contributed by atoms with Crippen LogP contribution in [0.5, 0.6) is 0 Å². The number of carbonyl (C=O) groups is 2. The van der Waals surface area contributed by atoms with Crippen molar-refractivity contribution < 1.29 is 27.5 Å². The van der Waals surface area contributed by atoms with Gasteiger partial charge in [-0.05, 0) is 86.5 Å². The van der Waals surface area contributed by atoms with Gasteiger partial charge in [0.1, 0.15) is 0 Å². The molecule has 1 N–H and O–H groups in total. The Morgan fingerprint density at radius 1 is 0.900 bits per heavy atom. The van der Waals surface area contributed by atoms with Crippen LogP contribution in [0.1, 0.15) is 56.4 Å². The lowest BCUT2D eigenvalue weighted by Gasteiger charge is -2.39. The summed E-state index contributed by atoms with van der Waals surface area (Å²) >= 11 is 0. The van der Waals surface area contributed by atoms with E-state index < -0.39 is 21.8 Å². The molecule has 50 heavy (non-hydrogen) atoms. The number of hydrogen-bond donors (Lipinski definition) is 1. The fraction of sp³-hybridized carbons (Fsp3) is 0.583. The van der Waals surface area contributed by atoms with Crippen LogP contribution in [0.3, 0.4) is 0 Å². The molecular formula is C36H47N7O6S. The molecule has 0 aliphatic carbocycles. The molecular weight excluding hydrogens is 659 g/mol. The third-order valence-corrected chi connectivity index (χ3v) is 13.4. The number of sulfonamides is 1. The van der Waals surface area contributed by atoms with Gasteiger partial charge < -0.3 is 19.3 Å². The van der Waals surface area contributed by atoms with E-state index in [0.717, 1.165) is 75.0 Å². The lowest BCUT2D eigenvalue weighted by molar-refractivity contribution is -0.179. The number of fused-ring (bicyclic) bond motifs is 1. The summed E-state index contributed by atoms with van der Waals surface area (Å²) in [6.07, 6.45) is 5.78. The van der Waals surface area contributed by atoms with E-state index in [0.29, 0.717) is 68.2 Å². The molecule has 5 aliphatic heterocycles. The van der Waals surface area contributed by atoms with E-state index in [2.05, 4.69) is 38.4 Å². The monoisotopic (exact) mass is 705 g/mol. The Kier molecular flexibility index (Phi) is 9.09. The van der Waals surface area contributed by atoms with Gasteiger partial charge in [0.25, 0.3) is 0 Å². The van der Waals surface area contributed by atoms with Crippen LogP contribution < -0.4 is 15.1 Å². The van der Waals surface area contributed by atoms with Gasteiger partial charge in [-0.2, -0.15) is 9.40 Å². The van der Waals surface area contributed by atoms with Crippen molar-refractivity contribution in [1.29, 1.82) is 0 Å². The Bertz CT molecular complexity index is 1850. The Morgan fingerprint density at radius 2 is 1.64 bits per heavy atom. The van der Waals surface area contributed by atoms with Crippen molar-refractivity contribution in [2.45, 2.75) is 61.5 Å². The molecule has 268 valence electrons. The van der Waals surface area contributed by atoms with Crippen molar-refractivity contribution in [3.8, 4) is 0 Å². The molecule has 3 amide bonds. The maximum Gasteiger partial charge on any atom is 0.329 e. The molecule has 2 aromatic carbocycles. The van der Waals surface area contributed by atoms with Crippen molar-refractivity contribution in [3.63, 3.8) is 0 Å². The largest absolute Gasteiger partial charge is 0.371 e. The van der Waals surface area contributed by atoms with Crippen LogP contribution in [0.4, 0.5) is 16.3 Å². The Hall–Kier alpha value is -3.56. The number of likely N-dealkylation sites (tertiary alicyclic amines) is 1. The summed E-state index contributed by atoms with van der Waals surface area (Å²) in [6.45, 7) is 7.37. The summed E-state index contributed by atoms with van der Waals surface area (Å²) in [6, 6.07) is 13.5. The third kappa shape index (κ3) is 6.52. The highest BCUT2D eigenvalue weighted by Crippen LogP contribution is 2.36. The minimum absolute atomic E-state index is 0.250. The first kappa shape index (κ1) is 33.6. The fourth-order valence-corrected chi connectivity index (χ4v) is 9.99. The molecule has 3 aromatic rings. The first-order chi connectivity index (χ1) is 24.2.